The highest BCUT2D eigenvalue weighted by atomic mass is 35.5. The molecule has 1 unspecified atom stereocenters. The van der Waals surface area contributed by atoms with E-state index in [2.05, 4.69) is 37.8 Å². The monoisotopic (exact) mass is 464 g/mol. The molecule has 32 heavy (non-hydrogen) atoms. The van der Waals surface area contributed by atoms with E-state index in [1.165, 1.54) is 6.33 Å². The van der Waals surface area contributed by atoms with Gasteiger partial charge < -0.3 is 5.32 Å². The number of anilines is 2. The first kappa shape index (κ1) is 22.0. The SMILES string of the molecule is CC(Cl)CN(Cc1ccccc1)N=Nc1ccc2ncnc(Nc3cccc(Cl)c3)c2c1. The smallest absolute Gasteiger partial charge is 0.141 e. The molecule has 4 aromatic rings. The molecule has 0 spiro atoms. The standard InChI is InChI=1S/C24H22Cl2N6/c1-17(25)14-32(15-18-6-3-2-4-7-18)31-30-21-10-11-23-22(13-21)24(28-16-27-23)29-20-9-5-8-19(26)12-20/h2-13,16-17H,14-15H2,1H3,(H,27,28,29). The quantitative estimate of drug-likeness (QED) is 0.170. The van der Waals surface area contributed by atoms with Crippen LogP contribution in [0.1, 0.15) is 12.5 Å². The minimum absolute atomic E-state index is 0.0591. The van der Waals surface area contributed by atoms with Crippen molar-refractivity contribution in [2.75, 3.05) is 11.9 Å². The number of alkyl halides is 1. The summed E-state index contributed by atoms with van der Waals surface area (Å²) in [5, 5.41) is 15.5. The van der Waals surface area contributed by atoms with Gasteiger partial charge in [0.15, 0.2) is 0 Å². The molecule has 0 saturated carbocycles. The number of rotatable bonds is 8. The molecule has 0 aliphatic rings. The highest BCUT2D eigenvalue weighted by molar-refractivity contribution is 6.30. The number of benzene rings is 3. The molecular formula is C24H22Cl2N6. The maximum absolute atomic E-state index is 6.23. The number of hydrogen-bond acceptors (Lipinski definition) is 5. The highest BCUT2D eigenvalue weighted by Crippen LogP contribution is 2.28. The van der Waals surface area contributed by atoms with Crippen molar-refractivity contribution in [3.63, 3.8) is 0 Å². The van der Waals surface area contributed by atoms with Crippen LogP contribution in [-0.2, 0) is 6.54 Å². The molecule has 0 radical (unpaired) electrons. The molecule has 1 atom stereocenters. The van der Waals surface area contributed by atoms with Gasteiger partial charge in [0, 0.05) is 16.1 Å². The lowest BCUT2D eigenvalue weighted by molar-refractivity contribution is 0.264. The van der Waals surface area contributed by atoms with Crippen molar-refractivity contribution in [3.8, 4) is 0 Å². The van der Waals surface area contributed by atoms with E-state index in [4.69, 9.17) is 23.2 Å². The van der Waals surface area contributed by atoms with E-state index in [-0.39, 0.29) is 5.38 Å². The fourth-order valence-electron chi connectivity index (χ4n) is 3.24. The first-order valence-corrected chi connectivity index (χ1v) is 11.0. The summed E-state index contributed by atoms with van der Waals surface area (Å²) in [6, 6.07) is 23.3. The lowest BCUT2D eigenvalue weighted by Gasteiger charge is -2.19. The average Bonchev–Trinajstić information content (AvgIpc) is 2.78. The van der Waals surface area contributed by atoms with Gasteiger partial charge in [-0.3, -0.25) is 5.01 Å². The van der Waals surface area contributed by atoms with Gasteiger partial charge in [-0.2, -0.15) is 0 Å². The number of nitrogens with one attached hydrogen (secondary N) is 1. The fourth-order valence-corrected chi connectivity index (χ4v) is 3.59. The van der Waals surface area contributed by atoms with Crippen molar-refractivity contribution in [2.24, 2.45) is 10.3 Å². The van der Waals surface area contributed by atoms with Gasteiger partial charge in [0.1, 0.15) is 12.1 Å². The van der Waals surface area contributed by atoms with Crippen LogP contribution in [0.2, 0.25) is 5.02 Å². The zero-order chi connectivity index (χ0) is 22.3. The van der Waals surface area contributed by atoms with Gasteiger partial charge in [-0.15, -0.1) is 16.7 Å². The van der Waals surface area contributed by atoms with E-state index in [1.807, 2.05) is 72.6 Å². The molecule has 0 saturated heterocycles. The zero-order valence-electron chi connectivity index (χ0n) is 17.5. The van der Waals surface area contributed by atoms with E-state index in [9.17, 15) is 0 Å². The minimum atomic E-state index is -0.0591. The van der Waals surface area contributed by atoms with Crippen LogP contribution < -0.4 is 5.32 Å². The Morgan fingerprint density at radius 1 is 1.00 bits per heavy atom. The van der Waals surface area contributed by atoms with Crippen LogP contribution in [0.3, 0.4) is 0 Å². The Kier molecular flexibility index (Phi) is 7.14. The van der Waals surface area contributed by atoms with Gasteiger partial charge in [-0.25, -0.2) is 9.97 Å². The maximum atomic E-state index is 6.23. The van der Waals surface area contributed by atoms with Crippen molar-refractivity contribution in [1.82, 2.24) is 15.0 Å². The van der Waals surface area contributed by atoms with E-state index in [1.54, 1.807) is 0 Å². The normalized spacial score (nSPS) is 12.2. The summed E-state index contributed by atoms with van der Waals surface area (Å²) in [6.07, 6.45) is 1.53. The zero-order valence-corrected chi connectivity index (χ0v) is 19.0. The van der Waals surface area contributed by atoms with Crippen LogP contribution in [0, 0.1) is 0 Å². The molecule has 1 N–H and O–H groups in total. The van der Waals surface area contributed by atoms with Crippen LogP contribution in [0.5, 0.6) is 0 Å². The largest absolute Gasteiger partial charge is 0.340 e. The summed E-state index contributed by atoms with van der Waals surface area (Å²) in [5.41, 5.74) is 3.49. The summed E-state index contributed by atoms with van der Waals surface area (Å²) >= 11 is 12.3. The molecule has 162 valence electrons. The second-order valence-corrected chi connectivity index (χ2v) is 8.54. The highest BCUT2D eigenvalue weighted by Gasteiger charge is 2.09. The Hall–Kier alpha value is -3.22. The first-order valence-electron chi connectivity index (χ1n) is 10.2. The molecule has 0 bridgehead atoms. The molecule has 8 heteroatoms. The van der Waals surface area contributed by atoms with Crippen LogP contribution in [-0.4, -0.2) is 26.9 Å². The Morgan fingerprint density at radius 2 is 1.84 bits per heavy atom. The van der Waals surface area contributed by atoms with Gasteiger partial charge in [-0.1, -0.05) is 53.2 Å². The molecule has 0 fully saturated rings. The van der Waals surface area contributed by atoms with Gasteiger partial charge in [0.25, 0.3) is 0 Å². The third-order valence-corrected chi connectivity index (χ3v) is 5.04. The number of nitrogens with zero attached hydrogens (tertiary/aromatic N) is 5. The average molecular weight is 465 g/mol. The molecule has 1 aromatic heterocycles. The van der Waals surface area contributed by atoms with Crippen molar-refractivity contribution in [2.45, 2.75) is 18.8 Å². The molecule has 1 heterocycles. The van der Waals surface area contributed by atoms with Crippen molar-refractivity contribution < 1.29 is 0 Å². The molecule has 0 amide bonds. The van der Waals surface area contributed by atoms with Crippen LogP contribution in [0.25, 0.3) is 10.9 Å². The van der Waals surface area contributed by atoms with Crippen molar-refractivity contribution in [1.29, 1.82) is 0 Å². The number of fused-ring (bicyclic) bond motifs is 1. The second-order valence-electron chi connectivity index (χ2n) is 7.36. The Bertz CT molecular complexity index is 1210. The maximum Gasteiger partial charge on any atom is 0.141 e. The molecule has 3 aromatic carbocycles. The molecular weight excluding hydrogens is 443 g/mol. The minimum Gasteiger partial charge on any atom is -0.340 e. The molecule has 4 rings (SSSR count). The van der Waals surface area contributed by atoms with Crippen LogP contribution in [0.15, 0.2) is 89.5 Å². The third kappa shape index (κ3) is 5.93. The predicted molar refractivity (Wildman–Crippen MR) is 131 cm³/mol. The topological polar surface area (TPSA) is 65.8 Å². The second kappa shape index (κ2) is 10.4. The van der Waals surface area contributed by atoms with Crippen LogP contribution in [0.4, 0.5) is 17.2 Å². The third-order valence-electron chi connectivity index (χ3n) is 4.66. The lowest BCUT2D eigenvalue weighted by atomic mass is 10.2. The van der Waals surface area contributed by atoms with Gasteiger partial charge in [-0.05, 0) is 48.9 Å². The summed E-state index contributed by atoms with van der Waals surface area (Å²) < 4.78 is 0. The first-order chi connectivity index (χ1) is 15.6. The number of aromatic nitrogens is 2. The van der Waals surface area contributed by atoms with E-state index in [0.717, 1.165) is 22.2 Å². The van der Waals surface area contributed by atoms with E-state index >= 15 is 0 Å². The summed E-state index contributed by atoms with van der Waals surface area (Å²) in [4.78, 5) is 8.75. The lowest BCUT2D eigenvalue weighted by Crippen LogP contribution is -2.23. The molecule has 0 aliphatic heterocycles. The summed E-state index contributed by atoms with van der Waals surface area (Å²) in [5.74, 6) is 0.671. The summed E-state index contributed by atoms with van der Waals surface area (Å²) in [6.45, 7) is 3.15. The molecule has 6 nitrogen and oxygen atoms in total. The van der Waals surface area contributed by atoms with E-state index < -0.39 is 0 Å². The Morgan fingerprint density at radius 3 is 2.62 bits per heavy atom. The van der Waals surface area contributed by atoms with Gasteiger partial charge in [0.05, 0.1) is 29.7 Å². The van der Waals surface area contributed by atoms with Gasteiger partial charge in [0.2, 0.25) is 0 Å². The number of hydrogen-bond donors (Lipinski definition) is 1. The fraction of sp³-hybridized carbons (Fsp3) is 0.167. The predicted octanol–water partition coefficient (Wildman–Crippen LogP) is 7.16. The Labute approximate surface area is 196 Å². The number of halogens is 2. The van der Waals surface area contributed by atoms with Crippen molar-refractivity contribution >= 4 is 51.3 Å². The van der Waals surface area contributed by atoms with Crippen LogP contribution >= 0.6 is 23.2 Å². The molecule has 0 aliphatic carbocycles. The Balaban J connectivity index is 1.59. The van der Waals surface area contributed by atoms with Gasteiger partial charge >= 0.3 is 0 Å². The van der Waals surface area contributed by atoms with Crippen molar-refractivity contribution in [3.05, 3.63) is 89.7 Å². The van der Waals surface area contributed by atoms with E-state index in [0.29, 0.717) is 29.6 Å². The summed E-state index contributed by atoms with van der Waals surface area (Å²) in [7, 11) is 0.